The second-order valence-corrected chi connectivity index (χ2v) is 3.95. The molecule has 0 aliphatic rings. The van der Waals surface area contributed by atoms with Gasteiger partial charge in [-0.15, -0.1) is 0 Å². The van der Waals surface area contributed by atoms with Crippen molar-refractivity contribution in [2.45, 2.75) is 0 Å². The minimum Gasteiger partial charge on any atom is -0.507 e. The molecule has 0 unspecified atom stereocenters. The van der Waals surface area contributed by atoms with Gasteiger partial charge in [0, 0.05) is 11.8 Å². The lowest BCUT2D eigenvalue weighted by Crippen LogP contribution is -2.12. The number of rotatable bonds is 4. The molecule has 0 bridgehead atoms. The van der Waals surface area contributed by atoms with Gasteiger partial charge in [-0.2, -0.15) is 5.26 Å². The molecule has 20 heavy (non-hydrogen) atoms. The molecule has 0 aliphatic carbocycles. The number of benzene rings is 2. The van der Waals surface area contributed by atoms with Crippen LogP contribution < -0.4 is 10.1 Å². The van der Waals surface area contributed by atoms with Gasteiger partial charge in [0.15, 0.2) is 6.61 Å². The van der Waals surface area contributed by atoms with Gasteiger partial charge in [0.2, 0.25) is 0 Å². The monoisotopic (exact) mass is 268 g/mol. The number of nitriles is 1. The highest BCUT2D eigenvalue weighted by Gasteiger charge is 2.10. The van der Waals surface area contributed by atoms with Gasteiger partial charge < -0.3 is 15.2 Å². The van der Waals surface area contributed by atoms with E-state index in [1.165, 1.54) is 12.1 Å². The zero-order valence-corrected chi connectivity index (χ0v) is 10.5. The fourth-order valence-corrected chi connectivity index (χ4v) is 1.64. The lowest BCUT2D eigenvalue weighted by Gasteiger charge is -2.08. The third kappa shape index (κ3) is 3.27. The zero-order valence-electron chi connectivity index (χ0n) is 10.5. The third-order valence-corrected chi connectivity index (χ3v) is 2.54. The van der Waals surface area contributed by atoms with Crippen molar-refractivity contribution in [2.24, 2.45) is 0 Å². The number of carbonyl (C=O) groups is 1. The molecule has 100 valence electrons. The van der Waals surface area contributed by atoms with Gasteiger partial charge in [-0.05, 0) is 24.3 Å². The zero-order chi connectivity index (χ0) is 14.4. The van der Waals surface area contributed by atoms with Gasteiger partial charge in [0.05, 0.1) is 5.56 Å². The number of para-hydroxylation sites is 1. The predicted octanol–water partition coefficient (Wildman–Crippen LogP) is 2.55. The van der Waals surface area contributed by atoms with Crippen molar-refractivity contribution in [2.75, 3.05) is 11.9 Å². The topological polar surface area (TPSA) is 82.3 Å². The number of anilines is 1. The van der Waals surface area contributed by atoms with Crippen LogP contribution in [-0.4, -0.2) is 17.6 Å². The maximum Gasteiger partial charge on any atom is 0.259 e. The number of phenolic OH excluding ortho intramolecular Hbond substituents is 1. The van der Waals surface area contributed by atoms with Crippen molar-refractivity contribution in [3.63, 3.8) is 0 Å². The fraction of sp³-hybridized carbons (Fsp3) is 0.0667. The van der Waals surface area contributed by atoms with E-state index in [2.05, 4.69) is 5.32 Å². The second-order valence-electron chi connectivity index (χ2n) is 3.95. The molecule has 2 N–H and O–H groups in total. The van der Waals surface area contributed by atoms with Crippen LogP contribution in [0.2, 0.25) is 0 Å². The van der Waals surface area contributed by atoms with Crippen LogP contribution in [0, 0.1) is 11.3 Å². The number of nitrogens with one attached hydrogen (secondary N) is 1. The quantitative estimate of drug-likeness (QED) is 0.892. The van der Waals surface area contributed by atoms with Crippen molar-refractivity contribution in [3.05, 3.63) is 54.1 Å². The molecule has 0 heterocycles. The number of ether oxygens (including phenoxy) is 1. The molecule has 0 aromatic heterocycles. The average molecular weight is 268 g/mol. The Morgan fingerprint density at radius 1 is 1.25 bits per heavy atom. The molecular formula is C15H12N2O3. The van der Waals surface area contributed by atoms with E-state index >= 15 is 0 Å². The maximum absolute atomic E-state index is 12.0. The van der Waals surface area contributed by atoms with Gasteiger partial charge in [0.1, 0.15) is 17.6 Å². The summed E-state index contributed by atoms with van der Waals surface area (Å²) in [7, 11) is 0. The summed E-state index contributed by atoms with van der Waals surface area (Å²) in [6.45, 7) is -0.0587. The van der Waals surface area contributed by atoms with E-state index in [0.717, 1.165) is 0 Å². The Kier molecular flexibility index (Phi) is 4.20. The van der Waals surface area contributed by atoms with E-state index in [4.69, 9.17) is 10.00 Å². The van der Waals surface area contributed by atoms with Crippen molar-refractivity contribution < 1.29 is 14.6 Å². The van der Waals surface area contributed by atoms with Crippen molar-refractivity contribution in [3.8, 4) is 17.6 Å². The Morgan fingerprint density at radius 3 is 2.80 bits per heavy atom. The summed E-state index contributed by atoms with van der Waals surface area (Å²) in [5.41, 5.74) is 0.713. The second kappa shape index (κ2) is 6.25. The standard InChI is InChI=1S/C15H12N2O3/c16-8-9-20-12-5-3-4-11(10-12)17-15(19)13-6-1-2-7-14(13)18/h1-7,10,18H,9H2,(H,17,19). The van der Waals surface area contributed by atoms with E-state index in [0.29, 0.717) is 11.4 Å². The van der Waals surface area contributed by atoms with E-state index < -0.39 is 5.91 Å². The summed E-state index contributed by atoms with van der Waals surface area (Å²) in [6, 6.07) is 14.8. The van der Waals surface area contributed by atoms with Crippen LogP contribution in [0.5, 0.6) is 11.5 Å². The van der Waals surface area contributed by atoms with Gasteiger partial charge in [0.25, 0.3) is 5.91 Å². The van der Waals surface area contributed by atoms with Crippen LogP contribution in [0.4, 0.5) is 5.69 Å². The molecule has 0 atom stereocenters. The Balaban J connectivity index is 2.12. The van der Waals surface area contributed by atoms with Crippen LogP contribution >= 0.6 is 0 Å². The lowest BCUT2D eigenvalue weighted by atomic mass is 10.2. The van der Waals surface area contributed by atoms with Crippen LogP contribution in [0.25, 0.3) is 0 Å². The summed E-state index contributed by atoms with van der Waals surface area (Å²) in [5, 5.41) is 20.7. The highest BCUT2D eigenvalue weighted by Crippen LogP contribution is 2.20. The first-order valence-corrected chi connectivity index (χ1v) is 5.90. The molecule has 0 saturated heterocycles. The highest BCUT2D eigenvalue weighted by molar-refractivity contribution is 6.06. The molecule has 0 saturated carbocycles. The Labute approximate surface area is 116 Å². The smallest absolute Gasteiger partial charge is 0.259 e. The largest absolute Gasteiger partial charge is 0.507 e. The minimum atomic E-state index is -0.416. The van der Waals surface area contributed by atoms with Crippen LogP contribution in [0.1, 0.15) is 10.4 Å². The molecule has 2 aromatic carbocycles. The van der Waals surface area contributed by atoms with E-state index in [1.54, 1.807) is 36.4 Å². The van der Waals surface area contributed by atoms with Gasteiger partial charge >= 0.3 is 0 Å². The fourth-order valence-electron chi connectivity index (χ4n) is 1.64. The Morgan fingerprint density at radius 2 is 2.05 bits per heavy atom. The molecule has 5 heteroatoms. The maximum atomic E-state index is 12.0. The van der Waals surface area contributed by atoms with Crippen molar-refractivity contribution in [1.29, 1.82) is 5.26 Å². The molecule has 2 aromatic rings. The van der Waals surface area contributed by atoms with Crippen LogP contribution in [0.15, 0.2) is 48.5 Å². The molecule has 0 radical (unpaired) electrons. The number of hydrogen-bond donors (Lipinski definition) is 2. The van der Waals surface area contributed by atoms with E-state index in [9.17, 15) is 9.90 Å². The van der Waals surface area contributed by atoms with Crippen LogP contribution in [-0.2, 0) is 0 Å². The van der Waals surface area contributed by atoms with E-state index in [-0.39, 0.29) is 17.9 Å². The predicted molar refractivity (Wildman–Crippen MR) is 73.6 cm³/mol. The first-order chi connectivity index (χ1) is 9.70. The average Bonchev–Trinajstić information content (AvgIpc) is 2.46. The summed E-state index contributed by atoms with van der Waals surface area (Å²) in [6.07, 6.45) is 0. The molecule has 0 fully saturated rings. The molecule has 5 nitrogen and oxygen atoms in total. The van der Waals surface area contributed by atoms with Crippen molar-refractivity contribution >= 4 is 11.6 Å². The number of hydrogen-bond acceptors (Lipinski definition) is 4. The first-order valence-electron chi connectivity index (χ1n) is 5.90. The summed E-state index contributed by atoms with van der Waals surface area (Å²) < 4.78 is 5.15. The Hall–Kier alpha value is -3.00. The number of nitrogens with zero attached hydrogens (tertiary/aromatic N) is 1. The molecule has 0 spiro atoms. The number of carbonyl (C=O) groups excluding carboxylic acids is 1. The van der Waals surface area contributed by atoms with E-state index in [1.807, 2.05) is 6.07 Å². The summed E-state index contributed by atoms with van der Waals surface area (Å²) in [4.78, 5) is 12.0. The molecule has 2 rings (SSSR count). The lowest BCUT2D eigenvalue weighted by molar-refractivity contribution is 0.102. The summed E-state index contributed by atoms with van der Waals surface area (Å²) in [5.74, 6) is -0.0101. The van der Waals surface area contributed by atoms with Gasteiger partial charge in [-0.3, -0.25) is 4.79 Å². The highest BCUT2D eigenvalue weighted by atomic mass is 16.5. The third-order valence-electron chi connectivity index (χ3n) is 2.54. The van der Waals surface area contributed by atoms with Gasteiger partial charge in [-0.25, -0.2) is 0 Å². The molecular weight excluding hydrogens is 256 g/mol. The minimum absolute atomic E-state index is 0.0587. The first kappa shape index (κ1) is 13.4. The van der Waals surface area contributed by atoms with Crippen LogP contribution in [0.3, 0.4) is 0 Å². The molecule has 1 amide bonds. The molecule has 0 aliphatic heterocycles. The van der Waals surface area contributed by atoms with Crippen molar-refractivity contribution in [1.82, 2.24) is 0 Å². The summed E-state index contributed by atoms with van der Waals surface area (Å²) >= 11 is 0. The number of amides is 1. The SMILES string of the molecule is N#CCOc1cccc(NC(=O)c2ccccc2O)c1. The Bertz CT molecular complexity index is 662. The number of aromatic hydroxyl groups is 1. The van der Waals surface area contributed by atoms with Gasteiger partial charge in [-0.1, -0.05) is 18.2 Å². The number of phenols is 1. The normalized spacial score (nSPS) is 9.55.